The van der Waals surface area contributed by atoms with Crippen LogP contribution in [0.4, 0.5) is 32.0 Å². The van der Waals surface area contributed by atoms with Gasteiger partial charge in [0, 0.05) is 6.54 Å². The van der Waals surface area contributed by atoms with Crippen LogP contribution in [-0.4, -0.2) is 42.9 Å². The molecule has 0 heterocycles. The predicted octanol–water partition coefficient (Wildman–Crippen LogP) is 7.72. The number of carboxylic acid groups (broad SMARTS) is 1. The van der Waals surface area contributed by atoms with E-state index in [4.69, 9.17) is 4.74 Å². The number of benzene rings is 4. The van der Waals surface area contributed by atoms with Crippen molar-refractivity contribution in [3.05, 3.63) is 123 Å². The van der Waals surface area contributed by atoms with Crippen molar-refractivity contribution in [2.75, 3.05) is 12.4 Å². The Morgan fingerprint density at radius 3 is 2.13 bits per heavy atom. The van der Waals surface area contributed by atoms with Crippen molar-refractivity contribution in [3.63, 3.8) is 0 Å². The number of aromatic carboxylic acids is 1. The molecule has 1 saturated carbocycles. The van der Waals surface area contributed by atoms with E-state index < -0.39 is 91.7 Å². The minimum Gasteiger partial charge on any atom is -0.495 e. The summed E-state index contributed by atoms with van der Waals surface area (Å²) in [6, 6.07) is 10.8. The highest BCUT2D eigenvalue weighted by Crippen LogP contribution is 2.42. The largest absolute Gasteiger partial charge is 0.495 e. The third-order valence-corrected chi connectivity index (χ3v) is 10.8. The summed E-state index contributed by atoms with van der Waals surface area (Å²) in [5, 5.41) is 21.7. The van der Waals surface area contributed by atoms with Gasteiger partial charge in [0.05, 0.1) is 30.0 Å². The highest BCUT2D eigenvalue weighted by atomic mass is 32.2. The van der Waals surface area contributed by atoms with Gasteiger partial charge in [-0.15, -0.1) is 0 Å². The topological polar surface area (TPSA) is 137 Å². The number of carbonyl (C=O) groups excluding carboxylic acids is 1. The van der Waals surface area contributed by atoms with E-state index in [1.807, 2.05) is 26.8 Å². The van der Waals surface area contributed by atoms with Crippen molar-refractivity contribution in [3.8, 4) is 11.8 Å². The van der Waals surface area contributed by atoms with E-state index in [1.165, 1.54) is 0 Å². The number of ether oxygens (including phenoxy) is 1. The lowest BCUT2D eigenvalue weighted by atomic mass is 9.83. The van der Waals surface area contributed by atoms with E-state index in [2.05, 4.69) is 5.32 Å². The summed E-state index contributed by atoms with van der Waals surface area (Å²) >= 11 is 0. The molecule has 2 N–H and O–H groups in total. The highest BCUT2D eigenvalue weighted by molar-refractivity contribution is 7.89. The van der Waals surface area contributed by atoms with Gasteiger partial charge in [-0.05, 0) is 83.2 Å². The number of carbonyl (C=O) groups is 2. The molecule has 0 aliphatic heterocycles. The monoisotopic (exact) mass is 773 g/mol. The van der Waals surface area contributed by atoms with E-state index in [9.17, 15) is 45.9 Å². The van der Waals surface area contributed by atoms with Crippen molar-refractivity contribution >= 4 is 27.6 Å². The molecule has 1 aliphatic carbocycles. The van der Waals surface area contributed by atoms with Crippen LogP contribution in [0.25, 0.3) is 0 Å². The third-order valence-electron chi connectivity index (χ3n) is 8.97. The van der Waals surface area contributed by atoms with E-state index >= 15 is 8.78 Å². The number of nitrogens with one attached hydrogen (secondary N) is 1. The molecule has 1 fully saturated rings. The van der Waals surface area contributed by atoms with Crippen LogP contribution < -0.4 is 10.1 Å². The fourth-order valence-corrected chi connectivity index (χ4v) is 7.54. The molecule has 0 spiro atoms. The molecule has 5 rings (SSSR count). The molecule has 0 radical (unpaired) electrons. The Balaban J connectivity index is 1.78. The summed E-state index contributed by atoms with van der Waals surface area (Å²) < 4.78 is 123. The summed E-state index contributed by atoms with van der Waals surface area (Å²) in [5.74, 6) is -16.7. The maximum Gasteiger partial charge on any atom is 0.335 e. The minimum atomic E-state index is -5.94. The zero-order chi connectivity index (χ0) is 39.9. The first-order valence-electron chi connectivity index (χ1n) is 16.4. The molecule has 1 unspecified atom stereocenters. The van der Waals surface area contributed by atoms with Gasteiger partial charge in [-0.3, -0.25) is 4.79 Å². The summed E-state index contributed by atoms with van der Waals surface area (Å²) in [7, 11) is -4.78. The summed E-state index contributed by atoms with van der Waals surface area (Å²) in [5.41, 5.74) is 0.381. The number of rotatable bonds is 12. The van der Waals surface area contributed by atoms with Crippen LogP contribution in [0.15, 0.2) is 59.5 Å². The summed E-state index contributed by atoms with van der Waals surface area (Å²) in [6.07, 6.45) is 1.15. The first-order chi connectivity index (χ1) is 25.3. The van der Waals surface area contributed by atoms with Crippen LogP contribution in [-0.2, 0) is 33.2 Å². The Morgan fingerprint density at radius 2 is 1.57 bits per heavy atom. The fraction of sp³-hybridized carbons (Fsp3) is 0.289. The zero-order valence-electron chi connectivity index (χ0n) is 29.2. The van der Waals surface area contributed by atoms with E-state index in [1.54, 1.807) is 18.2 Å². The third kappa shape index (κ3) is 8.07. The molecular weight excluding hydrogens is 740 g/mol. The quantitative estimate of drug-likeness (QED) is 0.0855. The SMILES string of the molecule is COc1cc(C(=O)O)ccc1NC(=O)C(Cc1cc(C2CC2)cc(C(C)(C)C)c1)N(Cc1ccc(F)cc1C#N)S(=O)(=O)c1c(F)c(F)c(F)c(F)c1F. The molecule has 4 aromatic rings. The number of sulfonamides is 1. The van der Waals surface area contributed by atoms with Crippen molar-refractivity contribution in [2.24, 2.45) is 0 Å². The number of hydrogen-bond donors (Lipinski definition) is 2. The Bertz CT molecular complexity index is 2290. The maximum atomic E-state index is 15.4. The Morgan fingerprint density at radius 1 is 0.944 bits per heavy atom. The lowest BCUT2D eigenvalue weighted by molar-refractivity contribution is -0.119. The standard InChI is InChI=1S/C38H33F6N3O6S/c1-38(2,3)25-12-19(11-23(14-25)20-5-6-20)13-28(36(48)46-27-10-8-21(37(49)50)16-29(27)53-4)47(18-22-7-9-26(39)15-24(22)17-45)54(51,52)35-33(43)31(41)30(40)32(42)34(35)44/h7-12,14-16,20,28H,5-6,13,18H2,1-4H3,(H,46,48)(H,49,50). The number of halogens is 6. The number of carboxylic acids is 1. The van der Waals surface area contributed by atoms with E-state index in [-0.39, 0.29) is 32.8 Å². The summed E-state index contributed by atoms with van der Waals surface area (Å²) in [4.78, 5) is 23.8. The molecule has 284 valence electrons. The van der Waals surface area contributed by atoms with Crippen LogP contribution in [0.3, 0.4) is 0 Å². The first kappa shape index (κ1) is 39.8. The first-order valence-corrected chi connectivity index (χ1v) is 17.8. The molecule has 16 heteroatoms. The second kappa shape index (κ2) is 15.2. The van der Waals surface area contributed by atoms with Crippen LogP contribution >= 0.6 is 0 Å². The number of amides is 1. The van der Waals surface area contributed by atoms with Crippen LogP contribution in [0.2, 0.25) is 0 Å². The highest BCUT2D eigenvalue weighted by Gasteiger charge is 2.43. The average molecular weight is 774 g/mol. The Hall–Kier alpha value is -5.40. The molecule has 0 bridgehead atoms. The molecule has 9 nitrogen and oxygen atoms in total. The minimum absolute atomic E-state index is 0.154. The molecule has 1 aliphatic rings. The molecule has 54 heavy (non-hydrogen) atoms. The van der Waals surface area contributed by atoms with Crippen LogP contribution in [0, 0.1) is 46.2 Å². The molecule has 0 saturated heterocycles. The van der Waals surface area contributed by atoms with Crippen molar-refractivity contribution in [1.82, 2.24) is 4.31 Å². The van der Waals surface area contributed by atoms with Gasteiger partial charge in [-0.25, -0.2) is 39.6 Å². The predicted molar refractivity (Wildman–Crippen MR) is 183 cm³/mol. The number of methoxy groups -OCH3 is 1. The van der Waals surface area contributed by atoms with Gasteiger partial charge in [-0.1, -0.05) is 45.0 Å². The van der Waals surface area contributed by atoms with Gasteiger partial charge in [0.1, 0.15) is 17.6 Å². The van der Waals surface area contributed by atoms with Crippen molar-refractivity contribution in [2.45, 2.75) is 68.8 Å². The molecule has 4 aromatic carbocycles. The van der Waals surface area contributed by atoms with Crippen LogP contribution in [0.5, 0.6) is 5.75 Å². The normalized spacial score (nSPS) is 13.7. The number of nitrogens with zero attached hydrogens (tertiary/aromatic N) is 2. The lowest BCUT2D eigenvalue weighted by Crippen LogP contribution is -2.49. The van der Waals surface area contributed by atoms with Gasteiger partial charge >= 0.3 is 5.97 Å². The number of anilines is 1. The summed E-state index contributed by atoms with van der Waals surface area (Å²) in [6.45, 7) is 4.65. The van der Waals surface area contributed by atoms with Crippen LogP contribution in [0.1, 0.15) is 77.7 Å². The molecule has 0 aromatic heterocycles. The maximum absolute atomic E-state index is 15.4. The average Bonchev–Trinajstić information content (AvgIpc) is 3.97. The lowest BCUT2D eigenvalue weighted by Gasteiger charge is -2.31. The van der Waals surface area contributed by atoms with Gasteiger partial charge in [0.15, 0.2) is 28.2 Å². The Labute approximate surface area is 306 Å². The van der Waals surface area contributed by atoms with Gasteiger partial charge in [0.2, 0.25) is 21.7 Å². The smallest absolute Gasteiger partial charge is 0.335 e. The second-order valence-corrected chi connectivity index (χ2v) is 15.6. The van der Waals surface area contributed by atoms with Gasteiger partial charge < -0.3 is 15.2 Å². The van der Waals surface area contributed by atoms with E-state index in [0.29, 0.717) is 5.56 Å². The van der Waals surface area contributed by atoms with Gasteiger partial charge in [-0.2, -0.15) is 9.57 Å². The molecule has 1 amide bonds. The zero-order valence-corrected chi connectivity index (χ0v) is 30.1. The van der Waals surface area contributed by atoms with Crippen molar-refractivity contribution in [1.29, 1.82) is 5.26 Å². The Kier molecular flexibility index (Phi) is 11.2. The second-order valence-electron chi connectivity index (χ2n) is 13.8. The van der Waals surface area contributed by atoms with E-state index in [0.717, 1.165) is 67.5 Å². The number of nitriles is 1. The molecule has 1 atom stereocenters. The fourth-order valence-electron chi connectivity index (χ4n) is 5.86. The van der Waals surface area contributed by atoms with Gasteiger partial charge in [0.25, 0.3) is 0 Å². The molecular formula is C38H33F6N3O6S. The number of hydrogen-bond acceptors (Lipinski definition) is 6. The van der Waals surface area contributed by atoms with Crippen molar-refractivity contribution < 1.29 is 54.2 Å².